The number of β-amino-alcohol motifs (C(OH)–C–C–N with tert-alkyl or cyclic N) is 2. The van der Waals surface area contributed by atoms with E-state index in [0.717, 1.165) is 11.1 Å². The van der Waals surface area contributed by atoms with E-state index in [1.165, 1.54) is 4.90 Å². The van der Waals surface area contributed by atoms with Gasteiger partial charge in [-0.2, -0.15) is 0 Å². The van der Waals surface area contributed by atoms with Gasteiger partial charge in [-0.15, -0.1) is 0 Å². The quantitative estimate of drug-likeness (QED) is 0.585. The fraction of sp³-hybridized carbons (Fsp3) is 0.409. The van der Waals surface area contributed by atoms with Gasteiger partial charge in [0.15, 0.2) is 11.5 Å². The average molecular weight is 435 g/mol. The highest BCUT2D eigenvalue weighted by Crippen LogP contribution is 2.28. The van der Waals surface area contributed by atoms with Crippen LogP contribution >= 0.6 is 11.6 Å². The van der Waals surface area contributed by atoms with Crippen LogP contribution in [0.1, 0.15) is 11.1 Å². The second kappa shape index (κ2) is 9.66. The molecule has 0 unspecified atom stereocenters. The summed E-state index contributed by atoms with van der Waals surface area (Å²) in [5.74, 6) is 1.11. The zero-order valence-corrected chi connectivity index (χ0v) is 17.9. The first-order chi connectivity index (χ1) is 14.3. The molecular weight excluding hydrogens is 408 g/mol. The maximum Gasteiger partial charge on any atom is 0.227 e. The van der Waals surface area contributed by atoms with E-state index < -0.39 is 11.7 Å². The number of hydrogen-bond donors (Lipinski definition) is 3. The van der Waals surface area contributed by atoms with Crippen molar-refractivity contribution in [3.63, 3.8) is 0 Å². The molecule has 7 nitrogen and oxygen atoms in total. The zero-order chi connectivity index (χ0) is 21.7. The number of nitrogens with one attached hydrogen (secondary N) is 1. The van der Waals surface area contributed by atoms with Crippen LogP contribution in [0.15, 0.2) is 42.5 Å². The summed E-state index contributed by atoms with van der Waals surface area (Å²) in [6.45, 7) is 0.780. The van der Waals surface area contributed by atoms with Crippen LogP contribution in [0.25, 0.3) is 0 Å². The molecule has 0 radical (unpaired) electrons. The van der Waals surface area contributed by atoms with Gasteiger partial charge in [0.2, 0.25) is 5.91 Å². The number of nitrogens with zero attached hydrogens (tertiary/aromatic N) is 1. The number of benzene rings is 2. The number of methoxy groups -OCH3 is 2. The lowest BCUT2D eigenvalue weighted by Crippen LogP contribution is -2.50. The minimum absolute atomic E-state index is 0.0690. The summed E-state index contributed by atoms with van der Waals surface area (Å²) >= 11 is 5.88. The summed E-state index contributed by atoms with van der Waals surface area (Å²) in [5.41, 5.74) is 0.368. The predicted octanol–water partition coefficient (Wildman–Crippen LogP) is 1.62. The number of rotatable bonds is 8. The van der Waals surface area contributed by atoms with Gasteiger partial charge in [0, 0.05) is 24.7 Å². The number of ether oxygens (including phenoxy) is 2. The minimum Gasteiger partial charge on any atom is -0.493 e. The molecule has 1 amide bonds. The molecule has 2 aromatic carbocycles. The third kappa shape index (κ3) is 5.23. The van der Waals surface area contributed by atoms with E-state index in [4.69, 9.17) is 21.1 Å². The van der Waals surface area contributed by atoms with Crippen molar-refractivity contribution >= 4 is 17.5 Å². The van der Waals surface area contributed by atoms with E-state index >= 15 is 0 Å². The van der Waals surface area contributed by atoms with Gasteiger partial charge in [0.25, 0.3) is 0 Å². The summed E-state index contributed by atoms with van der Waals surface area (Å²) < 4.78 is 10.5. The van der Waals surface area contributed by atoms with Crippen molar-refractivity contribution < 1.29 is 24.5 Å². The Morgan fingerprint density at radius 3 is 2.50 bits per heavy atom. The van der Waals surface area contributed by atoms with Crippen molar-refractivity contribution in [1.29, 1.82) is 0 Å². The molecule has 162 valence electrons. The molecule has 3 rings (SSSR count). The summed E-state index contributed by atoms with van der Waals surface area (Å²) in [4.78, 5) is 14.1. The molecule has 0 aliphatic carbocycles. The van der Waals surface area contributed by atoms with Gasteiger partial charge >= 0.3 is 0 Å². The number of likely N-dealkylation sites (tertiary alicyclic amines) is 1. The Morgan fingerprint density at radius 2 is 1.83 bits per heavy atom. The fourth-order valence-electron chi connectivity index (χ4n) is 3.55. The molecule has 1 heterocycles. The Labute approximate surface area is 181 Å². The van der Waals surface area contributed by atoms with Crippen LogP contribution in [0, 0.1) is 0 Å². The number of carbonyl (C=O) groups is 1. The molecule has 0 spiro atoms. The Hall–Kier alpha value is -2.32. The number of aliphatic hydroxyl groups excluding tert-OH is 1. The molecule has 1 saturated heterocycles. The van der Waals surface area contributed by atoms with E-state index in [-0.39, 0.29) is 32.0 Å². The number of amides is 1. The molecule has 3 N–H and O–H groups in total. The molecule has 1 aliphatic heterocycles. The fourth-order valence-corrected chi connectivity index (χ4v) is 3.67. The molecule has 0 aromatic heterocycles. The highest BCUT2D eigenvalue weighted by atomic mass is 35.5. The second-order valence-electron chi connectivity index (χ2n) is 7.49. The zero-order valence-electron chi connectivity index (χ0n) is 17.1. The van der Waals surface area contributed by atoms with E-state index in [1.807, 2.05) is 18.2 Å². The summed E-state index contributed by atoms with van der Waals surface area (Å²) in [5, 5.41) is 25.0. The Balaban J connectivity index is 1.54. The highest BCUT2D eigenvalue weighted by molar-refractivity contribution is 6.30. The van der Waals surface area contributed by atoms with E-state index in [1.54, 1.807) is 38.5 Å². The summed E-state index contributed by atoms with van der Waals surface area (Å²) in [6, 6.07) is 12.6. The molecule has 0 bridgehead atoms. The second-order valence-corrected chi connectivity index (χ2v) is 7.93. The van der Waals surface area contributed by atoms with Crippen LogP contribution in [-0.2, 0) is 17.8 Å². The maximum absolute atomic E-state index is 12.6. The molecule has 2 atom stereocenters. The Morgan fingerprint density at radius 1 is 1.17 bits per heavy atom. The van der Waals surface area contributed by atoms with Crippen LogP contribution in [0.4, 0.5) is 0 Å². The lowest BCUT2D eigenvalue weighted by atomic mass is 10.0. The van der Waals surface area contributed by atoms with Crippen molar-refractivity contribution in [2.24, 2.45) is 0 Å². The minimum atomic E-state index is -1.41. The van der Waals surface area contributed by atoms with Gasteiger partial charge in [-0.3, -0.25) is 4.79 Å². The first kappa shape index (κ1) is 22.4. The van der Waals surface area contributed by atoms with Crippen molar-refractivity contribution in [2.75, 3.05) is 33.9 Å². The molecular formula is C22H27ClN2O5. The predicted molar refractivity (Wildman–Crippen MR) is 114 cm³/mol. The Bertz CT molecular complexity index is 876. The van der Waals surface area contributed by atoms with Gasteiger partial charge in [-0.05, 0) is 35.4 Å². The molecule has 1 fully saturated rings. The van der Waals surface area contributed by atoms with Gasteiger partial charge in [-0.1, -0.05) is 29.8 Å². The van der Waals surface area contributed by atoms with E-state index in [0.29, 0.717) is 23.1 Å². The van der Waals surface area contributed by atoms with Gasteiger partial charge in [0.1, 0.15) is 11.7 Å². The monoisotopic (exact) mass is 434 g/mol. The van der Waals surface area contributed by atoms with Crippen LogP contribution in [0.5, 0.6) is 11.5 Å². The lowest BCUT2D eigenvalue weighted by molar-refractivity contribution is -0.130. The number of halogens is 1. The molecule has 2 aromatic rings. The first-order valence-corrected chi connectivity index (χ1v) is 10.1. The number of hydrogen-bond acceptors (Lipinski definition) is 6. The van der Waals surface area contributed by atoms with Crippen molar-refractivity contribution in [3.8, 4) is 11.5 Å². The van der Waals surface area contributed by atoms with Crippen LogP contribution < -0.4 is 14.8 Å². The van der Waals surface area contributed by atoms with Crippen LogP contribution in [0.2, 0.25) is 5.02 Å². The third-order valence-electron chi connectivity index (χ3n) is 5.31. The topological polar surface area (TPSA) is 91.3 Å². The van der Waals surface area contributed by atoms with Gasteiger partial charge < -0.3 is 29.9 Å². The molecule has 8 heteroatoms. The molecule has 0 saturated carbocycles. The first-order valence-electron chi connectivity index (χ1n) is 9.69. The number of carbonyl (C=O) groups excluding carboxylic acids is 1. The SMILES string of the molecule is COc1ccc(CNC[C@]2(O)CN(C(=O)Cc3ccc(Cl)cc3)C[C@H]2O)cc1OC. The van der Waals surface area contributed by atoms with Crippen molar-refractivity contribution in [1.82, 2.24) is 10.2 Å². The van der Waals surface area contributed by atoms with E-state index in [9.17, 15) is 15.0 Å². The van der Waals surface area contributed by atoms with Gasteiger partial charge in [0.05, 0.1) is 27.2 Å². The van der Waals surface area contributed by atoms with Gasteiger partial charge in [-0.25, -0.2) is 0 Å². The standard InChI is InChI=1S/C22H27ClN2O5/c1-29-18-8-5-16(9-19(18)30-2)11-24-13-22(28)14-25(12-20(22)26)21(27)10-15-3-6-17(23)7-4-15/h3-9,20,24,26,28H,10-14H2,1-2H3/t20-,22+/m1/s1. The Kier molecular flexibility index (Phi) is 7.20. The number of aliphatic hydroxyl groups is 2. The smallest absolute Gasteiger partial charge is 0.227 e. The van der Waals surface area contributed by atoms with E-state index in [2.05, 4.69) is 5.32 Å². The maximum atomic E-state index is 12.6. The van der Waals surface area contributed by atoms with Crippen molar-refractivity contribution in [3.05, 3.63) is 58.6 Å². The van der Waals surface area contributed by atoms with Crippen molar-refractivity contribution in [2.45, 2.75) is 24.7 Å². The lowest BCUT2D eigenvalue weighted by Gasteiger charge is -2.26. The third-order valence-corrected chi connectivity index (χ3v) is 5.56. The van der Waals surface area contributed by atoms with Crippen LogP contribution in [-0.4, -0.2) is 66.6 Å². The normalized spacial score (nSPS) is 21.0. The highest BCUT2D eigenvalue weighted by Gasteiger charge is 2.45. The van der Waals surface area contributed by atoms with Crippen LogP contribution in [0.3, 0.4) is 0 Å². The largest absolute Gasteiger partial charge is 0.493 e. The molecule has 1 aliphatic rings. The molecule has 30 heavy (non-hydrogen) atoms. The summed E-state index contributed by atoms with van der Waals surface area (Å²) in [7, 11) is 3.15. The summed E-state index contributed by atoms with van der Waals surface area (Å²) in [6.07, 6.45) is -0.830. The average Bonchev–Trinajstić information content (AvgIpc) is 3.04.